The number of hydrogen-bond donors (Lipinski definition) is 1. The van der Waals surface area contributed by atoms with E-state index in [0.29, 0.717) is 0 Å². The lowest BCUT2D eigenvalue weighted by Gasteiger charge is -2.19. The van der Waals surface area contributed by atoms with E-state index < -0.39 is 5.60 Å². The minimum absolute atomic E-state index is 0.717. The second kappa shape index (κ2) is 5.82. The summed E-state index contributed by atoms with van der Waals surface area (Å²) in [4.78, 5) is 0. The molecular weight excluding hydrogens is 172 g/mol. The number of benzene rings is 1. The van der Waals surface area contributed by atoms with Crippen LogP contribution in [0.4, 0.5) is 0 Å². The molecule has 0 saturated heterocycles. The monoisotopic (exact) mass is 194 g/mol. The summed E-state index contributed by atoms with van der Waals surface area (Å²) in [7, 11) is 0. The van der Waals surface area contributed by atoms with Gasteiger partial charge in [-0.05, 0) is 31.9 Å². The first kappa shape index (κ1) is 13.2. The van der Waals surface area contributed by atoms with Gasteiger partial charge in [0.05, 0.1) is 5.60 Å². The van der Waals surface area contributed by atoms with Crippen molar-refractivity contribution in [3.05, 3.63) is 35.4 Å². The average molecular weight is 194 g/mol. The van der Waals surface area contributed by atoms with Crippen LogP contribution in [-0.4, -0.2) is 5.11 Å². The summed E-state index contributed by atoms with van der Waals surface area (Å²) >= 11 is 0. The van der Waals surface area contributed by atoms with Crippen LogP contribution in [0.3, 0.4) is 0 Å². The van der Waals surface area contributed by atoms with Crippen molar-refractivity contribution in [2.75, 3.05) is 0 Å². The van der Waals surface area contributed by atoms with Crippen LogP contribution in [0.25, 0.3) is 0 Å². The Balaban J connectivity index is 0.000000500. The smallest absolute Gasteiger partial charge is 0.0843 e. The summed E-state index contributed by atoms with van der Waals surface area (Å²) < 4.78 is 0. The van der Waals surface area contributed by atoms with Gasteiger partial charge >= 0.3 is 0 Å². The van der Waals surface area contributed by atoms with E-state index in [-0.39, 0.29) is 0 Å². The molecule has 0 amide bonds. The molecule has 1 aromatic carbocycles. The molecule has 0 heterocycles. The van der Waals surface area contributed by atoms with E-state index in [0.717, 1.165) is 11.1 Å². The highest BCUT2D eigenvalue weighted by molar-refractivity contribution is 5.29. The second-order valence-corrected chi connectivity index (χ2v) is 4.08. The first-order valence-electron chi connectivity index (χ1n) is 5.22. The Morgan fingerprint density at radius 2 is 1.57 bits per heavy atom. The lowest BCUT2D eigenvalue weighted by Crippen LogP contribution is -2.16. The minimum Gasteiger partial charge on any atom is -0.386 e. The molecule has 0 aliphatic rings. The third kappa shape index (κ3) is 4.43. The van der Waals surface area contributed by atoms with Crippen LogP contribution < -0.4 is 0 Å². The molecule has 0 bridgehead atoms. The fraction of sp³-hybridized carbons (Fsp3) is 0.538. The fourth-order valence-corrected chi connectivity index (χ4v) is 1.26. The summed E-state index contributed by atoms with van der Waals surface area (Å²) in [5.74, 6) is 0. The summed E-state index contributed by atoms with van der Waals surface area (Å²) in [6.07, 6.45) is 1.25. The van der Waals surface area contributed by atoms with E-state index in [1.54, 1.807) is 13.8 Å². The SMILES string of the molecule is CCC.Cc1ccccc1C(C)(C)O. The maximum Gasteiger partial charge on any atom is 0.0843 e. The Kier molecular flexibility index (Phi) is 5.47. The zero-order valence-electron chi connectivity index (χ0n) is 9.96. The van der Waals surface area contributed by atoms with Gasteiger partial charge in [-0.25, -0.2) is 0 Å². The van der Waals surface area contributed by atoms with Gasteiger partial charge in [-0.3, -0.25) is 0 Å². The van der Waals surface area contributed by atoms with Crippen molar-refractivity contribution in [2.24, 2.45) is 0 Å². The van der Waals surface area contributed by atoms with Gasteiger partial charge in [0, 0.05) is 0 Å². The van der Waals surface area contributed by atoms with Gasteiger partial charge < -0.3 is 5.11 Å². The van der Waals surface area contributed by atoms with Crippen LogP contribution in [0, 0.1) is 6.92 Å². The molecule has 0 aliphatic carbocycles. The van der Waals surface area contributed by atoms with Gasteiger partial charge in [-0.15, -0.1) is 0 Å². The molecule has 1 rings (SSSR count). The summed E-state index contributed by atoms with van der Waals surface area (Å²) in [6.45, 7) is 9.86. The third-order valence-corrected chi connectivity index (χ3v) is 1.80. The van der Waals surface area contributed by atoms with Crippen molar-refractivity contribution in [2.45, 2.75) is 46.6 Å². The second-order valence-electron chi connectivity index (χ2n) is 4.08. The van der Waals surface area contributed by atoms with E-state index in [4.69, 9.17) is 0 Å². The predicted octanol–water partition coefficient (Wildman–Crippen LogP) is 3.64. The van der Waals surface area contributed by atoms with Crippen molar-refractivity contribution in [1.29, 1.82) is 0 Å². The Hall–Kier alpha value is -0.820. The molecule has 1 nitrogen and oxygen atoms in total. The summed E-state index contributed by atoms with van der Waals surface area (Å²) in [5, 5.41) is 9.67. The lowest BCUT2D eigenvalue weighted by atomic mass is 9.94. The molecular formula is C13H22O. The standard InChI is InChI=1S/C10H14O.C3H8/c1-8-6-4-5-7-9(8)10(2,3)11;1-3-2/h4-7,11H,1-3H3;3H2,1-2H3. The van der Waals surface area contributed by atoms with Crippen LogP contribution in [0.2, 0.25) is 0 Å². The fourth-order valence-electron chi connectivity index (χ4n) is 1.26. The highest BCUT2D eigenvalue weighted by Crippen LogP contribution is 2.22. The lowest BCUT2D eigenvalue weighted by molar-refractivity contribution is 0.0779. The van der Waals surface area contributed by atoms with E-state index in [1.165, 1.54) is 6.42 Å². The molecule has 80 valence electrons. The van der Waals surface area contributed by atoms with Crippen molar-refractivity contribution in [1.82, 2.24) is 0 Å². The zero-order valence-corrected chi connectivity index (χ0v) is 9.96. The molecule has 0 radical (unpaired) electrons. The number of aryl methyl sites for hydroxylation is 1. The van der Waals surface area contributed by atoms with Crippen molar-refractivity contribution in [3.63, 3.8) is 0 Å². The third-order valence-electron chi connectivity index (χ3n) is 1.80. The van der Waals surface area contributed by atoms with Crippen molar-refractivity contribution < 1.29 is 5.11 Å². The molecule has 0 atom stereocenters. The van der Waals surface area contributed by atoms with Crippen LogP contribution in [0.1, 0.15) is 45.2 Å². The first-order valence-corrected chi connectivity index (χ1v) is 5.22. The van der Waals surface area contributed by atoms with E-state index in [2.05, 4.69) is 13.8 Å². The van der Waals surface area contributed by atoms with Gasteiger partial charge in [0.15, 0.2) is 0 Å². The van der Waals surface area contributed by atoms with Crippen molar-refractivity contribution in [3.8, 4) is 0 Å². The van der Waals surface area contributed by atoms with Gasteiger partial charge in [-0.1, -0.05) is 44.5 Å². The minimum atomic E-state index is -0.717. The van der Waals surface area contributed by atoms with E-state index in [9.17, 15) is 5.11 Å². The van der Waals surface area contributed by atoms with E-state index in [1.807, 2.05) is 31.2 Å². The van der Waals surface area contributed by atoms with Gasteiger partial charge in [0.1, 0.15) is 0 Å². The first-order chi connectivity index (χ1) is 6.43. The molecule has 0 spiro atoms. The summed E-state index contributed by atoms with van der Waals surface area (Å²) in [6, 6.07) is 7.88. The quantitative estimate of drug-likeness (QED) is 0.723. The average Bonchev–Trinajstić information content (AvgIpc) is 2.04. The Morgan fingerprint density at radius 1 is 1.14 bits per heavy atom. The predicted molar refractivity (Wildman–Crippen MR) is 62.4 cm³/mol. The van der Waals surface area contributed by atoms with Crippen LogP contribution >= 0.6 is 0 Å². The Morgan fingerprint density at radius 3 is 1.86 bits per heavy atom. The maximum atomic E-state index is 9.67. The van der Waals surface area contributed by atoms with E-state index >= 15 is 0 Å². The van der Waals surface area contributed by atoms with Gasteiger partial charge in [0.25, 0.3) is 0 Å². The molecule has 1 heteroatoms. The number of hydrogen-bond acceptors (Lipinski definition) is 1. The normalized spacial score (nSPS) is 10.4. The molecule has 0 aromatic heterocycles. The van der Waals surface area contributed by atoms with Gasteiger partial charge in [0.2, 0.25) is 0 Å². The highest BCUT2D eigenvalue weighted by atomic mass is 16.3. The largest absolute Gasteiger partial charge is 0.386 e. The van der Waals surface area contributed by atoms with Gasteiger partial charge in [-0.2, -0.15) is 0 Å². The van der Waals surface area contributed by atoms with Crippen molar-refractivity contribution >= 4 is 0 Å². The van der Waals surface area contributed by atoms with Crippen LogP contribution in [0.15, 0.2) is 24.3 Å². The molecule has 0 saturated carbocycles. The molecule has 0 unspecified atom stereocenters. The molecule has 1 N–H and O–H groups in total. The molecule has 14 heavy (non-hydrogen) atoms. The molecule has 0 aliphatic heterocycles. The molecule has 1 aromatic rings. The zero-order chi connectivity index (χ0) is 11.2. The highest BCUT2D eigenvalue weighted by Gasteiger charge is 2.16. The maximum absolute atomic E-state index is 9.67. The number of aliphatic hydroxyl groups is 1. The van der Waals surface area contributed by atoms with Crippen LogP contribution in [0.5, 0.6) is 0 Å². The summed E-state index contributed by atoms with van der Waals surface area (Å²) in [5.41, 5.74) is 1.42. The Labute approximate surface area is 87.8 Å². The molecule has 0 fully saturated rings. The van der Waals surface area contributed by atoms with Crippen LogP contribution in [-0.2, 0) is 5.60 Å². The Bertz CT molecular complexity index is 258. The topological polar surface area (TPSA) is 20.2 Å². The number of rotatable bonds is 1.